The fourth-order valence-corrected chi connectivity index (χ4v) is 5.19. The fourth-order valence-electron chi connectivity index (χ4n) is 3.73. The summed E-state index contributed by atoms with van der Waals surface area (Å²) in [6.45, 7) is 2.35. The molecule has 0 unspecified atom stereocenters. The second-order valence-electron chi connectivity index (χ2n) is 7.79. The Labute approximate surface area is 192 Å². The van der Waals surface area contributed by atoms with Gasteiger partial charge in [0, 0.05) is 38.8 Å². The average molecular weight is 468 g/mol. The lowest BCUT2D eigenvalue weighted by Gasteiger charge is -2.34. The first-order valence-electron chi connectivity index (χ1n) is 10.6. The highest BCUT2D eigenvalue weighted by atomic mass is 32.2. The van der Waals surface area contributed by atoms with E-state index in [0.29, 0.717) is 24.5 Å². The van der Waals surface area contributed by atoms with Crippen LogP contribution in [0.5, 0.6) is 5.75 Å². The van der Waals surface area contributed by atoms with E-state index < -0.39 is 10.0 Å². The van der Waals surface area contributed by atoms with E-state index in [1.54, 1.807) is 41.3 Å². The first kappa shape index (κ1) is 22.8. The minimum Gasteiger partial charge on any atom is -0.484 e. The molecular weight excluding hydrogens is 442 g/mol. The van der Waals surface area contributed by atoms with Gasteiger partial charge in [0.1, 0.15) is 5.75 Å². The van der Waals surface area contributed by atoms with E-state index in [0.717, 1.165) is 10.8 Å². The largest absolute Gasteiger partial charge is 0.484 e. The molecule has 172 valence electrons. The molecule has 9 heteroatoms. The molecule has 1 aliphatic heterocycles. The minimum atomic E-state index is -3.64. The molecule has 0 bridgehead atoms. The molecule has 3 aromatic rings. The van der Waals surface area contributed by atoms with Crippen molar-refractivity contribution in [2.45, 2.75) is 11.8 Å². The standard InChI is InChI=1S/C24H25N3O5S/c1-18(28)25-21-7-9-22(10-8-21)32-17-24(29)26-12-14-27(15-13-26)33(30,31)23-11-6-19-4-2-3-5-20(19)16-23/h2-11,16H,12-15,17H2,1H3,(H,25,28). The first-order chi connectivity index (χ1) is 15.8. The molecule has 0 aliphatic carbocycles. The summed E-state index contributed by atoms with van der Waals surface area (Å²) >= 11 is 0. The molecule has 33 heavy (non-hydrogen) atoms. The van der Waals surface area contributed by atoms with E-state index in [4.69, 9.17) is 4.74 Å². The number of rotatable bonds is 6. The van der Waals surface area contributed by atoms with Crippen LogP contribution in [0.4, 0.5) is 5.69 Å². The summed E-state index contributed by atoms with van der Waals surface area (Å²) in [4.78, 5) is 25.5. The molecule has 0 atom stereocenters. The van der Waals surface area contributed by atoms with E-state index >= 15 is 0 Å². The maximum atomic E-state index is 13.1. The number of benzene rings is 3. The third-order valence-electron chi connectivity index (χ3n) is 5.49. The van der Waals surface area contributed by atoms with Crippen LogP contribution in [-0.4, -0.2) is 62.2 Å². The third-order valence-corrected chi connectivity index (χ3v) is 7.38. The van der Waals surface area contributed by atoms with E-state index in [1.807, 2.05) is 30.3 Å². The molecule has 3 aromatic carbocycles. The molecule has 8 nitrogen and oxygen atoms in total. The number of nitrogens with zero attached hydrogens (tertiary/aromatic N) is 2. The summed E-state index contributed by atoms with van der Waals surface area (Å²) in [5, 5.41) is 4.51. The van der Waals surface area contributed by atoms with Crippen LogP contribution in [0.25, 0.3) is 10.8 Å². The lowest BCUT2D eigenvalue weighted by atomic mass is 10.1. The lowest BCUT2D eigenvalue weighted by molar-refractivity contribution is -0.134. The molecule has 0 saturated carbocycles. The molecule has 1 heterocycles. The molecule has 1 aliphatic rings. The number of piperazine rings is 1. The Morgan fingerprint density at radius 2 is 1.58 bits per heavy atom. The zero-order valence-corrected chi connectivity index (χ0v) is 19.0. The van der Waals surface area contributed by atoms with E-state index in [1.165, 1.54) is 11.2 Å². The van der Waals surface area contributed by atoms with E-state index in [9.17, 15) is 18.0 Å². The van der Waals surface area contributed by atoms with Crippen molar-refractivity contribution < 1.29 is 22.7 Å². The highest BCUT2D eigenvalue weighted by Crippen LogP contribution is 2.23. The molecule has 1 saturated heterocycles. The summed E-state index contributed by atoms with van der Waals surface area (Å²) in [5.41, 5.74) is 0.643. The molecule has 2 amide bonds. The van der Waals surface area contributed by atoms with Crippen molar-refractivity contribution in [3.8, 4) is 5.75 Å². The Bertz CT molecular complexity index is 1270. The molecular formula is C24H25N3O5S. The topological polar surface area (TPSA) is 96.0 Å². The summed E-state index contributed by atoms with van der Waals surface area (Å²) in [5.74, 6) is 0.138. The van der Waals surface area contributed by atoms with Gasteiger partial charge in [-0.15, -0.1) is 0 Å². The number of carbonyl (C=O) groups excluding carboxylic acids is 2. The average Bonchev–Trinajstić information content (AvgIpc) is 2.83. The van der Waals surface area contributed by atoms with E-state index in [2.05, 4.69) is 5.32 Å². The van der Waals surface area contributed by atoms with Crippen molar-refractivity contribution in [2.24, 2.45) is 0 Å². The van der Waals surface area contributed by atoms with Crippen LogP contribution in [-0.2, 0) is 19.6 Å². The number of fused-ring (bicyclic) bond motifs is 1. The van der Waals surface area contributed by atoms with Gasteiger partial charge in [-0.1, -0.05) is 30.3 Å². The first-order valence-corrected chi connectivity index (χ1v) is 12.0. The van der Waals surface area contributed by atoms with Gasteiger partial charge in [0.15, 0.2) is 6.61 Å². The van der Waals surface area contributed by atoms with Crippen LogP contribution < -0.4 is 10.1 Å². The number of hydrogen-bond donors (Lipinski definition) is 1. The summed E-state index contributed by atoms with van der Waals surface area (Å²) in [6, 6.07) is 19.5. The van der Waals surface area contributed by atoms with Crippen molar-refractivity contribution in [3.05, 3.63) is 66.7 Å². The molecule has 0 radical (unpaired) electrons. The van der Waals surface area contributed by atoms with Gasteiger partial charge in [-0.3, -0.25) is 9.59 Å². The van der Waals surface area contributed by atoms with Gasteiger partial charge in [0.25, 0.3) is 5.91 Å². The van der Waals surface area contributed by atoms with Crippen LogP contribution in [0, 0.1) is 0 Å². The third kappa shape index (κ3) is 5.32. The number of carbonyl (C=O) groups is 2. The van der Waals surface area contributed by atoms with E-state index in [-0.39, 0.29) is 36.4 Å². The molecule has 1 fully saturated rings. The van der Waals surface area contributed by atoms with Crippen molar-refractivity contribution in [1.82, 2.24) is 9.21 Å². The number of ether oxygens (including phenoxy) is 1. The number of hydrogen-bond acceptors (Lipinski definition) is 5. The van der Waals surface area contributed by atoms with Crippen LogP contribution in [0.1, 0.15) is 6.92 Å². The zero-order valence-electron chi connectivity index (χ0n) is 18.2. The van der Waals surface area contributed by atoms with Gasteiger partial charge in [-0.2, -0.15) is 4.31 Å². The number of amides is 2. The second-order valence-corrected chi connectivity index (χ2v) is 9.73. The van der Waals surface area contributed by atoms with Crippen LogP contribution in [0.15, 0.2) is 71.6 Å². The Balaban J connectivity index is 1.32. The van der Waals surface area contributed by atoms with Crippen LogP contribution in [0.3, 0.4) is 0 Å². The lowest BCUT2D eigenvalue weighted by Crippen LogP contribution is -2.51. The predicted molar refractivity (Wildman–Crippen MR) is 126 cm³/mol. The van der Waals surface area contributed by atoms with Gasteiger partial charge in [-0.25, -0.2) is 8.42 Å². The highest BCUT2D eigenvalue weighted by molar-refractivity contribution is 7.89. The SMILES string of the molecule is CC(=O)Nc1ccc(OCC(=O)N2CCN(S(=O)(=O)c3ccc4ccccc4c3)CC2)cc1. The second kappa shape index (κ2) is 9.60. The Kier molecular flexibility index (Phi) is 6.62. The Morgan fingerprint density at radius 1 is 0.909 bits per heavy atom. The quantitative estimate of drug-likeness (QED) is 0.601. The summed E-state index contributed by atoms with van der Waals surface area (Å²) < 4.78 is 33.1. The van der Waals surface area contributed by atoms with Crippen LogP contribution in [0.2, 0.25) is 0 Å². The monoisotopic (exact) mass is 467 g/mol. The van der Waals surface area contributed by atoms with Crippen molar-refractivity contribution >= 4 is 38.3 Å². The van der Waals surface area contributed by atoms with Gasteiger partial charge in [-0.05, 0) is 47.2 Å². The molecule has 0 spiro atoms. The maximum absolute atomic E-state index is 13.1. The molecule has 4 rings (SSSR count). The van der Waals surface area contributed by atoms with Crippen molar-refractivity contribution in [2.75, 3.05) is 38.1 Å². The van der Waals surface area contributed by atoms with Gasteiger partial charge in [0.05, 0.1) is 4.90 Å². The Hall–Kier alpha value is -3.43. The fraction of sp³-hybridized carbons (Fsp3) is 0.250. The Morgan fingerprint density at radius 3 is 2.24 bits per heavy atom. The zero-order chi connectivity index (χ0) is 23.4. The predicted octanol–water partition coefficient (Wildman–Crippen LogP) is 2.71. The summed E-state index contributed by atoms with van der Waals surface area (Å²) in [7, 11) is -3.64. The van der Waals surface area contributed by atoms with Crippen LogP contribution >= 0.6 is 0 Å². The van der Waals surface area contributed by atoms with Gasteiger partial charge < -0.3 is 15.0 Å². The summed E-state index contributed by atoms with van der Waals surface area (Å²) in [6.07, 6.45) is 0. The minimum absolute atomic E-state index is 0.142. The molecule has 1 N–H and O–H groups in total. The maximum Gasteiger partial charge on any atom is 0.260 e. The van der Waals surface area contributed by atoms with Crippen molar-refractivity contribution in [1.29, 1.82) is 0 Å². The smallest absolute Gasteiger partial charge is 0.260 e. The normalized spacial score (nSPS) is 14.8. The molecule has 0 aromatic heterocycles. The number of anilines is 1. The van der Waals surface area contributed by atoms with Gasteiger partial charge in [0.2, 0.25) is 15.9 Å². The number of sulfonamides is 1. The highest BCUT2D eigenvalue weighted by Gasteiger charge is 2.30. The number of nitrogens with one attached hydrogen (secondary N) is 1. The van der Waals surface area contributed by atoms with Gasteiger partial charge >= 0.3 is 0 Å². The van der Waals surface area contributed by atoms with Crippen molar-refractivity contribution in [3.63, 3.8) is 0 Å².